The maximum Gasteiger partial charge on any atom is 0.305 e. The summed E-state index contributed by atoms with van der Waals surface area (Å²) in [6, 6.07) is 0. The second-order valence-electron chi connectivity index (χ2n) is 8.88. The van der Waals surface area contributed by atoms with Crippen LogP contribution in [-0.4, -0.2) is 29.9 Å². The maximum atomic E-state index is 11.8. The largest absolute Gasteiger partial charge is 0.466 e. The van der Waals surface area contributed by atoms with Crippen molar-refractivity contribution in [2.75, 3.05) is 6.61 Å². The second-order valence-corrected chi connectivity index (χ2v) is 9.25. The Hall–Kier alpha value is -1.10. The van der Waals surface area contributed by atoms with Crippen LogP contribution in [0.3, 0.4) is 0 Å². The Morgan fingerprint density at radius 3 is 2.10 bits per heavy atom. The van der Waals surface area contributed by atoms with Crippen molar-refractivity contribution in [2.45, 2.75) is 118 Å². The zero-order valence-electron chi connectivity index (χ0n) is 19.8. The predicted octanol–water partition coefficient (Wildman–Crippen LogP) is 6.59. The van der Waals surface area contributed by atoms with E-state index in [0.29, 0.717) is 19.4 Å². The standard InChI is InChI=1S/C24H43ClO5/c1-6-8-18-24(4,5)21(30-19(3)26)16-13-15-20(23(25)28)14-11-9-10-12-17-22(27)29-7-2/h20-21H,6-18H2,1-5H3. The Kier molecular flexibility index (Phi) is 16.0. The fourth-order valence-corrected chi connectivity index (χ4v) is 3.99. The smallest absolute Gasteiger partial charge is 0.305 e. The minimum absolute atomic E-state index is 0.0823. The highest BCUT2D eigenvalue weighted by Crippen LogP contribution is 2.33. The van der Waals surface area contributed by atoms with Crippen molar-refractivity contribution in [1.29, 1.82) is 0 Å². The van der Waals surface area contributed by atoms with Crippen LogP contribution >= 0.6 is 11.6 Å². The van der Waals surface area contributed by atoms with Gasteiger partial charge in [0.25, 0.3) is 0 Å². The Morgan fingerprint density at radius 2 is 1.53 bits per heavy atom. The van der Waals surface area contributed by atoms with E-state index in [1.54, 1.807) is 0 Å². The van der Waals surface area contributed by atoms with Crippen LogP contribution in [0.15, 0.2) is 0 Å². The third-order valence-electron chi connectivity index (χ3n) is 5.68. The second kappa shape index (κ2) is 16.6. The molecule has 0 spiro atoms. The van der Waals surface area contributed by atoms with E-state index in [0.717, 1.165) is 64.2 Å². The van der Waals surface area contributed by atoms with E-state index < -0.39 is 0 Å². The number of hydrogen-bond acceptors (Lipinski definition) is 5. The molecule has 0 amide bonds. The van der Waals surface area contributed by atoms with E-state index in [1.165, 1.54) is 6.92 Å². The summed E-state index contributed by atoms with van der Waals surface area (Å²) in [5, 5.41) is -0.282. The Labute approximate surface area is 188 Å². The molecule has 30 heavy (non-hydrogen) atoms. The van der Waals surface area contributed by atoms with Gasteiger partial charge in [-0.2, -0.15) is 0 Å². The molecule has 2 unspecified atom stereocenters. The molecule has 0 aromatic rings. The summed E-state index contributed by atoms with van der Waals surface area (Å²) < 4.78 is 10.5. The molecule has 0 fully saturated rings. The van der Waals surface area contributed by atoms with Crippen LogP contribution in [-0.2, 0) is 23.9 Å². The maximum absolute atomic E-state index is 11.8. The Morgan fingerprint density at radius 1 is 0.900 bits per heavy atom. The zero-order chi connectivity index (χ0) is 23.0. The van der Waals surface area contributed by atoms with Crippen molar-refractivity contribution in [3.63, 3.8) is 0 Å². The number of ether oxygens (including phenoxy) is 2. The van der Waals surface area contributed by atoms with Crippen molar-refractivity contribution < 1.29 is 23.9 Å². The lowest BCUT2D eigenvalue weighted by Gasteiger charge is -2.34. The van der Waals surface area contributed by atoms with E-state index in [4.69, 9.17) is 21.1 Å². The highest BCUT2D eigenvalue weighted by molar-refractivity contribution is 6.63. The molecule has 0 radical (unpaired) electrons. The van der Waals surface area contributed by atoms with Crippen LogP contribution in [0, 0.1) is 11.3 Å². The monoisotopic (exact) mass is 446 g/mol. The molecular formula is C24H43ClO5. The molecule has 0 rings (SSSR count). The lowest BCUT2D eigenvalue weighted by atomic mass is 9.79. The minimum atomic E-state index is -0.282. The zero-order valence-corrected chi connectivity index (χ0v) is 20.5. The number of unbranched alkanes of at least 4 members (excludes halogenated alkanes) is 4. The number of esters is 2. The molecular weight excluding hydrogens is 404 g/mol. The number of hydrogen-bond donors (Lipinski definition) is 0. The first-order chi connectivity index (χ1) is 14.1. The normalized spacial score (nSPS) is 13.5. The summed E-state index contributed by atoms with van der Waals surface area (Å²) in [7, 11) is 0. The van der Waals surface area contributed by atoms with E-state index in [2.05, 4.69) is 20.8 Å². The van der Waals surface area contributed by atoms with E-state index >= 15 is 0 Å². The molecule has 0 aliphatic heterocycles. The molecule has 0 aromatic carbocycles. The predicted molar refractivity (Wildman–Crippen MR) is 121 cm³/mol. The lowest BCUT2D eigenvalue weighted by molar-refractivity contribution is -0.153. The molecule has 0 saturated carbocycles. The van der Waals surface area contributed by atoms with Gasteiger partial charge >= 0.3 is 11.9 Å². The van der Waals surface area contributed by atoms with Gasteiger partial charge in [0.15, 0.2) is 0 Å². The van der Waals surface area contributed by atoms with Gasteiger partial charge in [0.05, 0.1) is 6.61 Å². The number of rotatable bonds is 18. The van der Waals surface area contributed by atoms with E-state index in [-0.39, 0.29) is 34.6 Å². The van der Waals surface area contributed by atoms with Crippen LogP contribution in [0.1, 0.15) is 112 Å². The Balaban J connectivity index is 4.37. The van der Waals surface area contributed by atoms with Crippen molar-refractivity contribution in [2.24, 2.45) is 11.3 Å². The van der Waals surface area contributed by atoms with Crippen LogP contribution < -0.4 is 0 Å². The number of carbonyl (C=O) groups is 3. The minimum Gasteiger partial charge on any atom is -0.466 e. The summed E-state index contributed by atoms with van der Waals surface area (Å²) in [6.07, 6.45) is 10.2. The summed E-state index contributed by atoms with van der Waals surface area (Å²) in [5.74, 6) is -0.554. The fraction of sp³-hybridized carbons (Fsp3) is 0.875. The molecule has 0 aromatic heterocycles. The molecule has 0 heterocycles. The summed E-state index contributed by atoms with van der Waals surface area (Å²) in [6.45, 7) is 10.1. The molecule has 0 saturated heterocycles. The van der Waals surface area contributed by atoms with Crippen LogP contribution in [0.5, 0.6) is 0 Å². The first-order valence-electron chi connectivity index (χ1n) is 11.7. The number of halogens is 1. The van der Waals surface area contributed by atoms with Crippen LogP contribution in [0.2, 0.25) is 0 Å². The summed E-state index contributed by atoms with van der Waals surface area (Å²) in [4.78, 5) is 34.7. The van der Waals surface area contributed by atoms with Crippen LogP contribution in [0.4, 0.5) is 0 Å². The van der Waals surface area contributed by atoms with Crippen molar-refractivity contribution in [3.05, 3.63) is 0 Å². The average Bonchev–Trinajstić information content (AvgIpc) is 2.66. The molecule has 2 atom stereocenters. The molecule has 176 valence electrons. The van der Waals surface area contributed by atoms with E-state index in [1.807, 2.05) is 6.92 Å². The molecule has 6 heteroatoms. The summed E-state index contributed by atoms with van der Waals surface area (Å²) in [5.41, 5.74) is -0.0823. The molecule has 0 aliphatic rings. The van der Waals surface area contributed by atoms with Crippen molar-refractivity contribution >= 4 is 28.8 Å². The molecule has 0 bridgehead atoms. The first kappa shape index (κ1) is 28.9. The topological polar surface area (TPSA) is 69.7 Å². The van der Waals surface area contributed by atoms with Gasteiger partial charge in [0, 0.05) is 24.7 Å². The van der Waals surface area contributed by atoms with Gasteiger partial charge in [-0.25, -0.2) is 0 Å². The van der Waals surface area contributed by atoms with Gasteiger partial charge in [-0.3, -0.25) is 14.4 Å². The van der Waals surface area contributed by atoms with Gasteiger partial charge in [0.1, 0.15) is 6.10 Å². The van der Waals surface area contributed by atoms with Crippen LogP contribution in [0.25, 0.3) is 0 Å². The van der Waals surface area contributed by atoms with Crippen molar-refractivity contribution in [1.82, 2.24) is 0 Å². The SMILES string of the molecule is CCCCC(C)(C)C(CCCC(CCCCCCC(=O)OCC)C(=O)Cl)OC(C)=O. The van der Waals surface area contributed by atoms with Gasteiger partial charge in [-0.05, 0) is 57.0 Å². The quantitative estimate of drug-likeness (QED) is 0.135. The van der Waals surface area contributed by atoms with Gasteiger partial charge < -0.3 is 9.47 Å². The third-order valence-corrected chi connectivity index (χ3v) is 5.99. The molecule has 5 nitrogen and oxygen atoms in total. The fourth-order valence-electron chi connectivity index (χ4n) is 3.77. The highest BCUT2D eigenvalue weighted by Gasteiger charge is 2.31. The molecule has 0 N–H and O–H groups in total. The molecule has 0 aliphatic carbocycles. The van der Waals surface area contributed by atoms with Gasteiger partial charge in [0.2, 0.25) is 5.24 Å². The Bertz CT molecular complexity index is 504. The lowest BCUT2D eigenvalue weighted by Crippen LogP contribution is -2.33. The number of carbonyl (C=O) groups excluding carboxylic acids is 3. The van der Waals surface area contributed by atoms with Gasteiger partial charge in [-0.1, -0.05) is 52.9 Å². The third kappa shape index (κ3) is 14.0. The van der Waals surface area contributed by atoms with Crippen molar-refractivity contribution in [3.8, 4) is 0 Å². The first-order valence-corrected chi connectivity index (χ1v) is 12.0. The summed E-state index contributed by atoms with van der Waals surface area (Å²) >= 11 is 5.83. The highest BCUT2D eigenvalue weighted by atomic mass is 35.5. The van der Waals surface area contributed by atoms with E-state index in [9.17, 15) is 14.4 Å². The van der Waals surface area contributed by atoms with Gasteiger partial charge in [-0.15, -0.1) is 0 Å². The average molecular weight is 447 g/mol.